The first-order chi connectivity index (χ1) is 7.27. The lowest BCUT2D eigenvalue weighted by molar-refractivity contribution is 0.0722. The number of aliphatic hydroxyl groups excluding tert-OH is 1. The molecule has 0 spiro atoms. The largest absolute Gasteiger partial charge is 0.447 e. The van der Waals surface area contributed by atoms with Gasteiger partial charge in [-0.1, -0.05) is 19.8 Å². The van der Waals surface area contributed by atoms with Crippen LogP contribution in [0.15, 0.2) is 0 Å². The third-order valence-corrected chi connectivity index (χ3v) is 2.89. The highest BCUT2D eigenvalue weighted by molar-refractivity contribution is 5.67. The van der Waals surface area contributed by atoms with Crippen LogP contribution in [0, 0.1) is 5.92 Å². The van der Waals surface area contributed by atoms with Crippen molar-refractivity contribution in [3.05, 3.63) is 0 Å². The molecule has 1 N–H and O–H groups in total. The normalized spacial score (nSPS) is 17.9. The Bertz CT molecular complexity index is 188. The summed E-state index contributed by atoms with van der Waals surface area (Å²) in [7, 11) is 0. The van der Waals surface area contributed by atoms with Crippen molar-refractivity contribution in [2.45, 2.75) is 32.6 Å². The third-order valence-electron chi connectivity index (χ3n) is 2.89. The number of ether oxygens (including phenoxy) is 1. The Kier molecular flexibility index (Phi) is 5.47. The number of likely N-dealkylation sites (tertiary alicyclic amines) is 1. The summed E-state index contributed by atoms with van der Waals surface area (Å²) in [6.07, 6.45) is 4.38. The zero-order chi connectivity index (χ0) is 11.1. The van der Waals surface area contributed by atoms with E-state index in [2.05, 4.69) is 6.92 Å². The molecule has 0 aromatic rings. The Hall–Kier alpha value is -0.770. The number of hydrogen-bond acceptors (Lipinski definition) is 3. The second kappa shape index (κ2) is 6.67. The molecular weight excluding hydrogens is 194 g/mol. The second-order valence-corrected chi connectivity index (χ2v) is 4.06. The second-order valence-electron chi connectivity index (χ2n) is 4.06. The van der Waals surface area contributed by atoms with Crippen LogP contribution >= 0.6 is 0 Å². The van der Waals surface area contributed by atoms with Gasteiger partial charge in [0.2, 0.25) is 0 Å². The summed E-state index contributed by atoms with van der Waals surface area (Å²) in [6, 6.07) is 0. The number of nitrogens with zero attached hydrogens (tertiary/aromatic N) is 1. The Balaban J connectivity index is 2.21. The predicted octanol–water partition coefficient (Wildman–Crippen LogP) is 1.63. The monoisotopic (exact) mass is 215 g/mol. The van der Waals surface area contributed by atoms with Gasteiger partial charge in [-0.25, -0.2) is 4.79 Å². The molecule has 1 rings (SSSR count). The average Bonchev–Trinajstić information content (AvgIpc) is 2.27. The number of carbonyl (C=O) groups excluding carboxylic acids is 1. The first kappa shape index (κ1) is 12.3. The zero-order valence-corrected chi connectivity index (χ0v) is 9.45. The smallest absolute Gasteiger partial charge is 0.409 e. The maximum absolute atomic E-state index is 11.4. The lowest BCUT2D eigenvalue weighted by atomic mass is 9.93. The predicted molar refractivity (Wildman–Crippen MR) is 57.6 cm³/mol. The summed E-state index contributed by atoms with van der Waals surface area (Å²) < 4.78 is 4.86. The molecule has 0 saturated carbocycles. The number of hydrogen-bond donors (Lipinski definition) is 1. The number of rotatable bonds is 4. The molecule has 0 aromatic heterocycles. The van der Waals surface area contributed by atoms with Gasteiger partial charge in [-0.15, -0.1) is 0 Å². The van der Waals surface area contributed by atoms with E-state index < -0.39 is 0 Å². The van der Waals surface area contributed by atoms with Gasteiger partial charge in [0.1, 0.15) is 6.61 Å². The molecule has 0 radical (unpaired) electrons. The van der Waals surface area contributed by atoms with Crippen molar-refractivity contribution < 1.29 is 14.6 Å². The Morgan fingerprint density at radius 3 is 2.67 bits per heavy atom. The van der Waals surface area contributed by atoms with E-state index in [-0.39, 0.29) is 19.3 Å². The minimum Gasteiger partial charge on any atom is -0.447 e. The highest BCUT2D eigenvalue weighted by Crippen LogP contribution is 2.21. The van der Waals surface area contributed by atoms with E-state index in [9.17, 15) is 4.79 Å². The van der Waals surface area contributed by atoms with Crippen LogP contribution < -0.4 is 0 Å². The molecule has 1 saturated heterocycles. The van der Waals surface area contributed by atoms with E-state index in [0.29, 0.717) is 0 Å². The zero-order valence-electron chi connectivity index (χ0n) is 9.45. The molecule has 0 aliphatic carbocycles. The molecule has 0 aromatic carbocycles. The van der Waals surface area contributed by atoms with Crippen LogP contribution in [0.4, 0.5) is 4.79 Å². The van der Waals surface area contributed by atoms with Gasteiger partial charge in [0.05, 0.1) is 6.61 Å². The molecule has 88 valence electrons. The van der Waals surface area contributed by atoms with Gasteiger partial charge in [0, 0.05) is 13.1 Å². The van der Waals surface area contributed by atoms with Crippen LogP contribution in [0.2, 0.25) is 0 Å². The molecule has 1 amide bonds. The van der Waals surface area contributed by atoms with Gasteiger partial charge in [0.25, 0.3) is 0 Å². The summed E-state index contributed by atoms with van der Waals surface area (Å²) in [4.78, 5) is 13.2. The summed E-state index contributed by atoms with van der Waals surface area (Å²) in [5, 5.41) is 8.53. The van der Waals surface area contributed by atoms with E-state index in [1.54, 1.807) is 4.90 Å². The van der Waals surface area contributed by atoms with Crippen molar-refractivity contribution >= 4 is 6.09 Å². The van der Waals surface area contributed by atoms with E-state index in [0.717, 1.165) is 31.8 Å². The van der Waals surface area contributed by atoms with Crippen LogP contribution in [0.1, 0.15) is 32.6 Å². The van der Waals surface area contributed by atoms with Gasteiger partial charge in [-0.05, 0) is 18.8 Å². The van der Waals surface area contributed by atoms with Crippen LogP contribution in [-0.4, -0.2) is 42.4 Å². The quantitative estimate of drug-likeness (QED) is 0.775. The average molecular weight is 215 g/mol. The van der Waals surface area contributed by atoms with Gasteiger partial charge >= 0.3 is 6.09 Å². The lowest BCUT2D eigenvalue weighted by Gasteiger charge is -2.31. The Morgan fingerprint density at radius 2 is 2.13 bits per heavy atom. The Morgan fingerprint density at radius 1 is 1.47 bits per heavy atom. The van der Waals surface area contributed by atoms with Crippen LogP contribution in [0.5, 0.6) is 0 Å². The fourth-order valence-electron chi connectivity index (χ4n) is 2.04. The molecule has 1 aliphatic heterocycles. The molecule has 0 bridgehead atoms. The van der Waals surface area contributed by atoms with E-state index in [4.69, 9.17) is 9.84 Å². The minimum atomic E-state index is -0.279. The van der Waals surface area contributed by atoms with Crippen LogP contribution in [0.25, 0.3) is 0 Å². The SMILES string of the molecule is CCCC1CCN(C(=O)OCCO)CC1. The van der Waals surface area contributed by atoms with Crippen molar-refractivity contribution in [3.63, 3.8) is 0 Å². The van der Waals surface area contributed by atoms with Crippen LogP contribution in [-0.2, 0) is 4.74 Å². The summed E-state index contributed by atoms with van der Waals surface area (Å²) >= 11 is 0. The molecule has 1 aliphatic rings. The van der Waals surface area contributed by atoms with Crippen molar-refractivity contribution in [1.29, 1.82) is 0 Å². The molecule has 1 heterocycles. The first-order valence-corrected chi connectivity index (χ1v) is 5.80. The van der Waals surface area contributed by atoms with Gasteiger partial charge in [0.15, 0.2) is 0 Å². The summed E-state index contributed by atoms with van der Waals surface area (Å²) in [6.45, 7) is 3.80. The van der Waals surface area contributed by atoms with Crippen molar-refractivity contribution in [2.75, 3.05) is 26.3 Å². The van der Waals surface area contributed by atoms with Crippen LogP contribution in [0.3, 0.4) is 0 Å². The molecule has 1 fully saturated rings. The summed E-state index contributed by atoms with van der Waals surface area (Å²) in [5.41, 5.74) is 0. The molecule has 0 atom stereocenters. The van der Waals surface area contributed by atoms with Gasteiger partial charge in [-0.2, -0.15) is 0 Å². The Labute approximate surface area is 91.2 Å². The number of amides is 1. The fourth-order valence-corrected chi connectivity index (χ4v) is 2.04. The lowest BCUT2D eigenvalue weighted by Crippen LogP contribution is -2.39. The molecule has 15 heavy (non-hydrogen) atoms. The highest BCUT2D eigenvalue weighted by atomic mass is 16.6. The maximum atomic E-state index is 11.4. The number of piperidine rings is 1. The standard InChI is InChI=1S/C11H21NO3/c1-2-3-10-4-6-12(7-5-10)11(14)15-9-8-13/h10,13H,2-9H2,1H3. The maximum Gasteiger partial charge on any atom is 0.409 e. The number of carbonyl (C=O) groups is 1. The van der Waals surface area contributed by atoms with E-state index in [1.807, 2.05) is 0 Å². The topological polar surface area (TPSA) is 49.8 Å². The van der Waals surface area contributed by atoms with Crippen molar-refractivity contribution in [1.82, 2.24) is 4.90 Å². The fraction of sp³-hybridized carbons (Fsp3) is 0.909. The highest BCUT2D eigenvalue weighted by Gasteiger charge is 2.22. The molecule has 4 nitrogen and oxygen atoms in total. The molecule has 0 unspecified atom stereocenters. The van der Waals surface area contributed by atoms with Gasteiger partial charge < -0.3 is 14.7 Å². The molecular formula is C11H21NO3. The van der Waals surface area contributed by atoms with E-state index >= 15 is 0 Å². The summed E-state index contributed by atoms with van der Waals surface area (Å²) in [5.74, 6) is 0.775. The third kappa shape index (κ3) is 4.08. The van der Waals surface area contributed by atoms with Gasteiger partial charge in [-0.3, -0.25) is 0 Å². The van der Waals surface area contributed by atoms with Crippen molar-refractivity contribution in [2.24, 2.45) is 5.92 Å². The first-order valence-electron chi connectivity index (χ1n) is 5.80. The van der Waals surface area contributed by atoms with Crippen molar-refractivity contribution in [3.8, 4) is 0 Å². The van der Waals surface area contributed by atoms with E-state index in [1.165, 1.54) is 12.8 Å². The molecule has 4 heteroatoms. The minimum absolute atomic E-state index is 0.0992. The number of aliphatic hydroxyl groups is 1.